The number of rotatable bonds is 6. The minimum absolute atomic E-state index is 0.508. The molecule has 0 fully saturated rings. The number of amidine groups is 1. The Labute approximate surface area is 177 Å². The fourth-order valence-electron chi connectivity index (χ4n) is 2.32. The maximum absolute atomic E-state index is 10.5. The van der Waals surface area contributed by atoms with Gasteiger partial charge in [-0.05, 0) is 44.7 Å². The molecule has 0 unspecified atom stereocenters. The Hall–Kier alpha value is -2.99. The van der Waals surface area contributed by atoms with Gasteiger partial charge in [0.05, 0.1) is 24.6 Å². The van der Waals surface area contributed by atoms with E-state index in [0.29, 0.717) is 28.8 Å². The zero-order valence-corrected chi connectivity index (χ0v) is 18.2. The summed E-state index contributed by atoms with van der Waals surface area (Å²) in [5, 5.41) is 3.04. The van der Waals surface area contributed by atoms with Crippen molar-refractivity contribution in [2.45, 2.75) is 20.3 Å². The number of carbonyl (C=O) groups excluding carboxylic acids is 1. The van der Waals surface area contributed by atoms with Gasteiger partial charge in [0, 0.05) is 6.07 Å². The highest BCUT2D eigenvalue weighted by molar-refractivity contribution is 8.13. The van der Waals surface area contributed by atoms with Gasteiger partial charge in [-0.25, -0.2) is 4.99 Å². The molecule has 29 heavy (non-hydrogen) atoms. The van der Waals surface area contributed by atoms with E-state index in [1.54, 1.807) is 13.2 Å². The standard InChI is InChI=1S/C15H18N2O3S.C8H10/c1-5-13(20-6-2)12-8-7-11(9-14(12)19-3)17-15(21-4)16-10-18;1-8-6-4-2-3-5-7-8/h5-10H,2H2,1,3-4H3,(H,16,17,18);2,4-7H,3H2,1H3/b13-5-;. The van der Waals surface area contributed by atoms with Gasteiger partial charge in [-0.15, -0.1) is 0 Å². The zero-order valence-electron chi connectivity index (χ0n) is 17.3. The summed E-state index contributed by atoms with van der Waals surface area (Å²) >= 11 is 1.34. The molecule has 0 aromatic heterocycles. The predicted molar refractivity (Wildman–Crippen MR) is 124 cm³/mol. The van der Waals surface area contributed by atoms with Crippen LogP contribution in [0.2, 0.25) is 0 Å². The Morgan fingerprint density at radius 3 is 2.76 bits per heavy atom. The molecule has 1 aromatic rings. The van der Waals surface area contributed by atoms with Gasteiger partial charge in [0.25, 0.3) is 0 Å². The van der Waals surface area contributed by atoms with Crippen LogP contribution in [0, 0.1) is 0 Å². The summed E-state index contributed by atoms with van der Waals surface area (Å²) in [5.41, 5.74) is 2.80. The van der Waals surface area contributed by atoms with E-state index in [-0.39, 0.29) is 0 Å². The second kappa shape index (κ2) is 14.1. The average Bonchev–Trinajstić information content (AvgIpc) is 2.99. The number of hydrogen-bond acceptors (Lipinski definition) is 5. The Balaban J connectivity index is 0.000000436. The van der Waals surface area contributed by atoms with Crippen molar-refractivity contribution in [3.8, 4) is 5.75 Å². The molecular weight excluding hydrogens is 384 g/mol. The maximum Gasteiger partial charge on any atom is 0.213 e. The first-order chi connectivity index (χ1) is 14.1. The Morgan fingerprint density at radius 2 is 2.14 bits per heavy atom. The van der Waals surface area contributed by atoms with Gasteiger partial charge in [0.15, 0.2) is 5.17 Å². The third-order valence-corrected chi connectivity index (χ3v) is 4.27. The minimum Gasteiger partial charge on any atom is -0.496 e. The lowest BCUT2D eigenvalue weighted by Crippen LogP contribution is -2.17. The van der Waals surface area contributed by atoms with Crippen LogP contribution in [0.3, 0.4) is 0 Å². The second-order valence-electron chi connectivity index (χ2n) is 5.68. The van der Waals surface area contributed by atoms with Gasteiger partial charge in [-0.3, -0.25) is 4.79 Å². The highest BCUT2D eigenvalue weighted by atomic mass is 32.2. The predicted octanol–water partition coefficient (Wildman–Crippen LogP) is 5.76. The van der Waals surface area contributed by atoms with E-state index in [1.165, 1.54) is 23.6 Å². The van der Waals surface area contributed by atoms with Gasteiger partial charge in [-0.1, -0.05) is 54.3 Å². The molecule has 154 valence electrons. The van der Waals surface area contributed by atoms with E-state index in [2.05, 4.69) is 54.2 Å². The van der Waals surface area contributed by atoms with Crippen LogP contribution in [0.15, 0.2) is 78.1 Å². The zero-order chi connectivity index (χ0) is 21.5. The van der Waals surface area contributed by atoms with E-state index in [9.17, 15) is 4.79 Å². The first-order valence-corrected chi connectivity index (χ1v) is 10.3. The fourth-order valence-corrected chi connectivity index (χ4v) is 2.68. The van der Waals surface area contributed by atoms with E-state index < -0.39 is 0 Å². The van der Waals surface area contributed by atoms with Crippen molar-refractivity contribution in [2.24, 2.45) is 4.99 Å². The SMILES string of the molecule is C=CO/C(=C\C)c1ccc(N=C(NC=O)SC)cc1OC.CC1=CC=CCC=C1. The number of nitrogens with one attached hydrogen (secondary N) is 1. The van der Waals surface area contributed by atoms with Gasteiger partial charge in [-0.2, -0.15) is 0 Å². The van der Waals surface area contributed by atoms with E-state index >= 15 is 0 Å². The summed E-state index contributed by atoms with van der Waals surface area (Å²) in [6, 6.07) is 5.43. The van der Waals surface area contributed by atoms with Crippen molar-refractivity contribution < 1.29 is 14.3 Å². The lowest BCUT2D eigenvalue weighted by molar-refractivity contribution is -0.108. The number of amides is 1. The minimum atomic E-state index is 0.508. The lowest BCUT2D eigenvalue weighted by Gasteiger charge is -2.12. The Morgan fingerprint density at radius 1 is 1.34 bits per heavy atom. The van der Waals surface area contributed by atoms with Gasteiger partial charge < -0.3 is 14.8 Å². The van der Waals surface area contributed by atoms with Crippen LogP contribution in [0.4, 0.5) is 5.69 Å². The molecule has 0 bridgehead atoms. The normalized spacial score (nSPS) is 13.4. The number of nitrogens with zero attached hydrogens (tertiary/aromatic N) is 1. The molecule has 0 radical (unpaired) electrons. The van der Waals surface area contributed by atoms with Crippen molar-refractivity contribution in [3.05, 3.63) is 78.6 Å². The summed E-state index contributed by atoms with van der Waals surface area (Å²) in [7, 11) is 1.58. The fraction of sp³-hybridized carbons (Fsp3) is 0.217. The molecular formula is C23H28N2O3S. The molecule has 1 N–H and O–H groups in total. The van der Waals surface area contributed by atoms with E-state index in [1.807, 2.05) is 31.4 Å². The number of hydrogen-bond donors (Lipinski definition) is 1. The smallest absolute Gasteiger partial charge is 0.213 e. The van der Waals surface area contributed by atoms with Crippen LogP contribution in [-0.2, 0) is 9.53 Å². The Kier molecular flexibility index (Phi) is 11.7. The maximum atomic E-state index is 10.5. The molecule has 2 rings (SSSR count). The quantitative estimate of drug-likeness (QED) is 0.279. The first-order valence-electron chi connectivity index (χ1n) is 9.04. The Bertz CT molecular complexity index is 837. The third kappa shape index (κ3) is 8.70. The number of aliphatic imine (C=N–C) groups is 1. The number of allylic oxidation sites excluding steroid dienone is 7. The largest absolute Gasteiger partial charge is 0.496 e. The van der Waals surface area contributed by atoms with E-state index in [0.717, 1.165) is 12.0 Å². The van der Waals surface area contributed by atoms with Gasteiger partial charge in [0.1, 0.15) is 11.5 Å². The molecule has 0 aliphatic heterocycles. The van der Waals surface area contributed by atoms with Crippen LogP contribution in [0.1, 0.15) is 25.8 Å². The van der Waals surface area contributed by atoms with Crippen molar-refractivity contribution >= 4 is 34.8 Å². The molecule has 1 amide bonds. The summed E-state index contributed by atoms with van der Waals surface area (Å²) in [6.07, 6.45) is 17.3. The topological polar surface area (TPSA) is 59.9 Å². The molecule has 0 saturated heterocycles. The third-order valence-electron chi connectivity index (χ3n) is 3.68. The van der Waals surface area contributed by atoms with Crippen molar-refractivity contribution in [1.82, 2.24) is 5.32 Å². The molecule has 0 saturated carbocycles. The monoisotopic (exact) mass is 412 g/mol. The van der Waals surface area contributed by atoms with Crippen LogP contribution in [-0.4, -0.2) is 24.9 Å². The molecule has 0 spiro atoms. The molecule has 1 aliphatic carbocycles. The molecule has 5 nitrogen and oxygen atoms in total. The number of ether oxygens (including phenoxy) is 2. The summed E-state index contributed by atoms with van der Waals surface area (Å²) < 4.78 is 10.7. The van der Waals surface area contributed by atoms with Crippen LogP contribution < -0.4 is 10.1 Å². The average molecular weight is 413 g/mol. The van der Waals surface area contributed by atoms with Crippen LogP contribution in [0.25, 0.3) is 5.76 Å². The number of benzene rings is 1. The van der Waals surface area contributed by atoms with Gasteiger partial charge in [0.2, 0.25) is 6.41 Å². The highest BCUT2D eigenvalue weighted by Gasteiger charge is 2.10. The summed E-state index contributed by atoms with van der Waals surface area (Å²) in [4.78, 5) is 14.8. The number of methoxy groups -OCH3 is 1. The highest BCUT2D eigenvalue weighted by Crippen LogP contribution is 2.31. The van der Waals surface area contributed by atoms with Crippen molar-refractivity contribution in [2.75, 3.05) is 13.4 Å². The number of carbonyl (C=O) groups is 1. The van der Waals surface area contributed by atoms with Crippen molar-refractivity contribution in [1.29, 1.82) is 0 Å². The molecule has 0 heterocycles. The van der Waals surface area contributed by atoms with E-state index in [4.69, 9.17) is 9.47 Å². The van der Waals surface area contributed by atoms with Gasteiger partial charge >= 0.3 is 0 Å². The first kappa shape index (κ1) is 24.0. The van der Waals surface area contributed by atoms with Crippen LogP contribution in [0.5, 0.6) is 5.75 Å². The summed E-state index contributed by atoms with van der Waals surface area (Å²) in [6.45, 7) is 7.52. The molecule has 0 atom stereocenters. The molecule has 1 aliphatic rings. The van der Waals surface area contributed by atoms with Crippen molar-refractivity contribution in [3.63, 3.8) is 0 Å². The summed E-state index contributed by atoms with van der Waals surface area (Å²) in [5.74, 6) is 1.27. The number of thioether (sulfide) groups is 1. The molecule has 1 aromatic carbocycles. The lowest BCUT2D eigenvalue weighted by atomic mass is 10.1. The van der Waals surface area contributed by atoms with Crippen LogP contribution >= 0.6 is 11.8 Å². The second-order valence-corrected chi connectivity index (χ2v) is 6.48. The molecule has 6 heteroatoms.